The number of nitrogens with one attached hydrogen (secondary N) is 1. The van der Waals surface area contributed by atoms with Crippen LogP contribution in [0.3, 0.4) is 0 Å². The van der Waals surface area contributed by atoms with Crippen molar-refractivity contribution in [3.8, 4) is 0 Å². The summed E-state index contributed by atoms with van der Waals surface area (Å²) in [5.41, 5.74) is 0. The van der Waals surface area contributed by atoms with Gasteiger partial charge in [-0.05, 0) is 12.8 Å². The van der Waals surface area contributed by atoms with Gasteiger partial charge in [-0.3, -0.25) is 0 Å². The number of aromatic nitrogens is 2. The van der Waals surface area contributed by atoms with Gasteiger partial charge in [0.2, 0.25) is 5.95 Å². The molecule has 1 aromatic rings. The van der Waals surface area contributed by atoms with Crippen LogP contribution in [0.25, 0.3) is 0 Å². The Morgan fingerprint density at radius 3 is 2.80 bits per heavy atom. The average Bonchev–Trinajstić information content (AvgIpc) is 2.62. The van der Waals surface area contributed by atoms with Gasteiger partial charge in [0, 0.05) is 26.0 Å². The van der Waals surface area contributed by atoms with Gasteiger partial charge >= 0.3 is 0 Å². The highest BCUT2D eigenvalue weighted by molar-refractivity contribution is 5.26. The first-order valence-electron chi connectivity index (χ1n) is 5.46. The molecule has 0 radical (unpaired) electrons. The predicted octanol–water partition coefficient (Wildman–Crippen LogP) is 2.16. The van der Waals surface area contributed by atoms with Crippen molar-refractivity contribution in [2.75, 3.05) is 25.6 Å². The number of anilines is 1. The number of ether oxygens (including phenoxy) is 1. The summed E-state index contributed by atoms with van der Waals surface area (Å²) in [6, 6.07) is 0.339. The maximum Gasteiger partial charge on any atom is 0.203 e. The summed E-state index contributed by atoms with van der Waals surface area (Å²) < 4.78 is 7.40. The van der Waals surface area contributed by atoms with Crippen LogP contribution in [-0.2, 0) is 4.74 Å². The Hall–Kier alpha value is -1.03. The zero-order valence-corrected chi connectivity index (χ0v) is 10.0. The van der Waals surface area contributed by atoms with E-state index in [1.807, 2.05) is 12.4 Å². The standard InChI is InChI=1S/C11H21N3O/c1-5-12-11-13-6-7-14(11)10(8-15-4)9(2)3/h6-7,9-10H,5,8H2,1-4H3,(H,12,13). The lowest BCUT2D eigenvalue weighted by molar-refractivity contribution is 0.134. The van der Waals surface area contributed by atoms with Crippen LogP contribution in [0.15, 0.2) is 12.4 Å². The Morgan fingerprint density at radius 1 is 1.53 bits per heavy atom. The molecule has 1 unspecified atom stereocenters. The van der Waals surface area contributed by atoms with Crippen molar-refractivity contribution in [1.29, 1.82) is 0 Å². The molecular formula is C11H21N3O. The molecule has 0 aliphatic rings. The van der Waals surface area contributed by atoms with Crippen LogP contribution in [0.4, 0.5) is 5.95 Å². The quantitative estimate of drug-likeness (QED) is 0.783. The number of hydrogen-bond donors (Lipinski definition) is 1. The fourth-order valence-corrected chi connectivity index (χ4v) is 1.64. The summed E-state index contributed by atoms with van der Waals surface area (Å²) in [7, 11) is 1.74. The molecule has 4 nitrogen and oxygen atoms in total. The van der Waals surface area contributed by atoms with E-state index in [0.29, 0.717) is 18.6 Å². The molecular weight excluding hydrogens is 190 g/mol. The maximum absolute atomic E-state index is 5.25. The Labute approximate surface area is 91.7 Å². The highest BCUT2D eigenvalue weighted by atomic mass is 16.5. The van der Waals surface area contributed by atoms with Gasteiger partial charge < -0.3 is 14.6 Å². The zero-order valence-electron chi connectivity index (χ0n) is 10.0. The van der Waals surface area contributed by atoms with Gasteiger partial charge in [0.1, 0.15) is 0 Å². The van der Waals surface area contributed by atoms with Crippen molar-refractivity contribution in [3.05, 3.63) is 12.4 Å². The van der Waals surface area contributed by atoms with Gasteiger partial charge in [-0.1, -0.05) is 13.8 Å². The molecule has 0 aromatic carbocycles. The van der Waals surface area contributed by atoms with Crippen molar-refractivity contribution in [3.63, 3.8) is 0 Å². The maximum atomic E-state index is 5.25. The lowest BCUT2D eigenvalue weighted by atomic mass is 10.1. The molecule has 0 spiro atoms. The lowest BCUT2D eigenvalue weighted by Gasteiger charge is -2.23. The topological polar surface area (TPSA) is 39.1 Å². The summed E-state index contributed by atoms with van der Waals surface area (Å²) in [5, 5.41) is 3.25. The third kappa shape index (κ3) is 2.96. The van der Waals surface area contributed by atoms with E-state index in [9.17, 15) is 0 Å². The second-order valence-electron chi connectivity index (χ2n) is 3.96. The number of methoxy groups -OCH3 is 1. The second kappa shape index (κ2) is 5.75. The number of hydrogen-bond acceptors (Lipinski definition) is 3. The smallest absolute Gasteiger partial charge is 0.203 e. The van der Waals surface area contributed by atoms with Crippen LogP contribution in [0, 0.1) is 5.92 Å². The molecule has 0 amide bonds. The van der Waals surface area contributed by atoms with Crippen LogP contribution in [0.5, 0.6) is 0 Å². The van der Waals surface area contributed by atoms with Gasteiger partial charge in [-0.25, -0.2) is 4.98 Å². The fraction of sp³-hybridized carbons (Fsp3) is 0.727. The fourth-order valence-electron chi connectivity index (χ4n) is 1.64. The van der Waals surface area contributed by atoms with Gasteiger partial charge in [0.25, 0.3) is 0 Å². The van der Waals surface area contributed by atoms with Gasteiger partial charge in [-0.15, -0.1) is 0 Å². The summed E-state index contributed by atoms with van der Waals surface area (Å²) >= 11 is 0. The minimum absolute atomic E-state index is 0.339. The first-order chi connectivity index (χ1) is 7.20. The normalized spacial score (nSPS) is 13.1. The van der Waals surface area contributed by atoms with E-state index in [1.54, 1.807) is 7.11 Å². The molecule has 15 heavy (non-hydrogen) atoms. The SMILES string of the molecule is CCNc1nccn1C(COC)C(C)C. The third-order valence-corrected chi connectivity index (χ3v) is 2.47. The number of imidazole rings is 1. The van der Waals surface area contributed by atoms with Crippen LogP contribution in [-0.4, -0.2) is 29.8 Å². The van der Waals surface area contributed by atoms with Gasteiger partial charge in [-0.2, -0.15) is 0 Å². The van der Waals surface area contributed by atoms with E-state index in [1.165, 1.54) is 0 Å². The largest absolute Gasteiger partial charge is 0.383 e. The first kappa shape index (κ1) is 12.0. The molecule has 1 N–H and O–H groups in total. The van der Waals surface area contributed by atoms with Crippen molar-refractivity contribution < 1.29 is 4.74 Å². The van der Waals surface area contributed by atoms with E-state index in [4.69, 9.17) is 4.74 Å². The lowest BCUT2D eigenvalue weighted by Crippen LogP contribution is -2.21. The van der Waals surface area contributed by atoms with E-state index < -0.39 is 0 Å². The van der Waals surface area contributed by atoms with Crippen LogP contribution in [0.1, 0.15) is 26.8 Å². The Morgan fingerprint density at radius 2 is 2.27 bits per heavy atom. The zero-order chi connectivity index (χ0) is 11.3. The third-order valence-electron chi connectivity index (χ3n) is 2.47. The summed E-state index contributed by atoms with van der Waals surface area (Å²) in [5.74, 6) is 1.45. The van der Waals surface area contributed by atoms with Crippen LogP contribution >= 0.6 is 0 Å². The van der Waals surface area contributed by atoms with E-state index in [2.05, 4.69) is 35.6 Å². The molecule has 0 bridgehead atoms. The number of rotatable bonds is 6. The molecule has 0 saturated heterocycles. The highest BCUT2D eigenvalue weighted by Gasteiger charge is 2.17. The first-order valence-corrected chi connectivity index (χ1v) is 5.46. The van der Waals surface area contributed by atoms with Gasteiger partial charge in [0.05, 0.1) is 12.6 Å². The Balaban J connectivity index is 2.84. The summed E-state index contributed by atoms with van der Waals surface area (Å²) in [6.45, 7) is 8.06. The van der Waals surface area contributed by atoms with Crippen LogP contribution in [0.2, 0.25) is 0 Å². The molecule has 0 aliphatic carbocycles. The van der Waals surface area contributed by atoms with Crippen molar-refractivity contribution >= 4 is 5.95 Å². The average molecular weight is 211 g/mol. The van der Waals surface area contributed by atoms with E-state index in [-0.39, 0.29) is 0 Å². The molecule has 0 aliphatic heterocycles. The molecule has 0 saturated carbocycles. The summed E-state index contributed by atoms with van der Waals surface area (Å²) in [4.78, 5) is 4.29. The van der Waals surface area contributed by atoms with Crippen molar-refractivity contribution in [2.24, 2.45) is 5.92 Å². The Kier molecular flexibility index (Phi) is 4.62. The van der Waals surface area contributed by atoms with Gasteiger partial charge in [0.15, 0.2) is 0 Å². The monoisotopic (exact) mass is 211 g/mol. The minimum Gasteiger partial charge on any atom is -0.383 e. The minimum atomic E-state index is 0.339. The molecule has 0 fully saturated rings. The molecule has 1 heterocycles. The van der Waals surface area contributed by atoms with Crippen molar-refractivity contribution in [1.82, 2.24) is 9.55 Å². The van der Waals surface area contributed by atoms with Crippen molar-refractivity contribution in [2.45, 2.75) is 26.8 Å². The summed E-state index contributed by atoms with van der Waals surface area (Å²) in [6.07, 6.45) is 3.82. The highest BCUT2D eigenvalue weighted by Crippen LogP contribution is 2.21. The van der Waals surface area contributed by atoms with E-state index >= 15 is 0 Å². The Bertz CT molecular complexity index is 283. The molecule has 1 atom stereocenters. The second-order valence-corrected chi connectivity index (χ2v) is 3.96. The molecule has 1 rings (SSSR count). The van der Waals surface area contributed by atoms with E-state index in [0.717, 1.165) is 12.5 Å². The molecule has 1 aromatic heterocycles. The molecule has 86 valence electrons. The predicted molar refractivity (Wildman–Crippen MR) is 62.1 cm³/mol. The number of nitrogens with zero attached hydrogens (tertiary/aromatic N) is 2. The van der Waals surface area contributed by atoms with Crippen LogP contribution < -0.4 is 5.32 Å². The molecule has 4 heteroatoms.